The fourth-order valence-electron chi connectivity index (χ4n) is 1.89. The van der Waals surface area contributed by atoms with Crippen molar-refractivity contribution in [1.82, 2.24) is 4.31 Å². The lowest BCUT2D eigenvalue weighted by molar-refractivity contribution is 0.281. The highest BCUT2D eigenvalue weighted by atomic mass is 79.9. The van der Waals surface area contributed by atoms with E-state index in [0.29, 0.717) is 15.8 Å². The Balaban J connectivity index is 2.28. The average Bonchev–Trinajstić information content (AvgIpc) is 2.83. The van der Waals surface area contributed by atoms with E-state index in [4.69, 9.17) is 9.52 Å². The van der Waals surface area contributed by atoms with Gasteiger partial charge in [-0.2, -0.15) is 4.31 Å². The maximum Gasteiger partial charge on any atom is 0.244 e. The molecule has 2 aromatic rings. The zero-order valence-electron chi connectivity index (χ0n) is 11.7. The van der Waals surface area contributed by atoms with Crippen LogP contribution in [0, 0.1) is 6.92 Å². The highest BCUT2D eigenvalue weighted by Crippen LogP contribution is 2.26. The summed E-state index contributed by atoms with van der Waals surface area (Å²) in [4.78, 5) is 0.158. The number of furan rings is 1. The highest BCUT2D eigenvalue weighted by molar-refractivity contribution is 9.10. The van der Waals surface area contributed by atoms with Crippen LogP contribution in [0.15, 0.2) is 44.1 Å². The summed E-state index contributed by atoms with van der Waals surface area (Å²) in [5, 5.41) is 9.07. The molecule has 0 bridgehead atoms. The van der Waals surface area contributed by atoms with Crippen LogP contribution in [0.25, 0.3) is 0 Å². The van der Waals surface area contributed by atoms with Gasteiger partial charge in [-0.3, -0.25) is 0 Å². The van der Waals surface area contributed by atoms with Crippen LogP contribution in [0.2, 0.25) is 0 Å². The Bertz CT molecular complexity index is 739. The summed E-state index contributed by atoms with van der Waals surface area (Å²) in [6, 6.07) is 8.21. The van der Waals surface area contributed by atoms with Crippen molar-refractivity contribution < 1.29 is 17.9 Å². The first-order valence-corrected chi connectivity index (χ1v) is 8.49. The quantitative estimate of drug-likeness (QED) is 0.874. The third-order valence-electron chi connectivity index (χ3n) is 3.04. The van der Waals surface area contributed by atoms with Gasteiger partial charge in [0.1, 0.15) is 11.5 Å². The van der Waals surface area contributed by atoms with E-state index in [2.05, 4.69) is 15.9 Å². The van der Waals surface area contributed by atoms with Crippen molar-refractivity contribution in [2.24, 2.45) is 0 Å². The molecule has 0 unspecified atom stereocenters. The van der Waals surface area contributed by atoms with Crippen LogP contribution in [0.4, 0.5) is 0 Å². The van der Waals surface area contributed by atoms with Gasteiger partial charge >= 0.3 is 0 Å². The number of hydrogen-bond acceptors (Lipinski definition) is 4. The third kappa shape index (κ3) is 3.55. The fourth-order valence-corrected chi connectivity index (χ4v) is 4.11. The summed E-state index contributed by atoms with van der Waals surface area (Å²) in [5.74, 6) is 1.32. The Kier molecular flexibility index (Phi) is 4.88. The molecule has 0 spiro atoms. The summed E-state index contributed by atoms with van der Waals surface area (Å²) in [6.07, 6.45) is 0. The van der Waals surface area contributed by atoms with Gasteiger partial charge in [-0.25, -0.2) is 8.42 Å². The summed E-state index contributed by atoms with van der Waals surface area (Å²) in [5.41, 5.74) is 0.644. The van der Waals surface area contributed by atoms with E-state index >= 15 is 0 Å². The number of aliphatic hydroxyl groups is 1. The number of hydrogen-bond donors (Lipinski definition) is 1. The Morgan fingerprint density at radius 2 is 2.00 bits per heavy atom. The second-order valence-corrected chi connectivity index (χ2v) is 7.56. The normalized spacial score (nSPS) is 12.0. The summed E-state index contributed by atoms with van der Waals surface area (Å²) in [7, 11) is -2.14. The standard InChI is InChI=1S/C14H16BrNO4S/c1-10-3-5-12(20-10)8-16(2)21(18,19)14-6-4-11(9-17)7-13(14)15/h3-7,17H,8-9H2,1-2H3. The molecule has 5 nitrogen and oxygen atoms in total. The first kappa shape index (κ1) is 16.2. The molecule has 0 aliphatic carbocycles. The molecule has 114 valence electrons. The van der Waals surface area contributed by atoms with Crippen molar-refractivity contribution in [3.63, 3.8) is 0 Å². The lowest BCUT2D eigenvalue weighted by Crippen LogP contribution is -2.26. The number of rotatable bonds is 5. The largest absolute Gasteiger partial charge is 0.465 e. The molecule has 7 heteroatoms. The first-order valence-electron chi connectivity index (χ1n) is 6.25. The number of benzene rings is 1. The predicted octanol–water partition coefficient (Wildman–Crippen LogP) is 2.66. The van der Waals surface area contributed by atoms with Crippen molar-refractivity contribution in [1.29, 1.82) is 0 Å². The number of nitrogens with zero attached hydrogens (tertiary/aromatic N) is 1. The van der Waals surface area contributed by atoms with Crippen molar-refractivity contribution in [2.45, 2.75) is 25.0 Å². The minimum atomic E-state index is -3.64. The summed E-state index contributed by atoms with van der Waals surface area (Å²) in [6.45, 7) is 1.83. The molecular weight excluding hydrogens is 358 g/mol. The minimum absolute atomic E-state index is 0.138. The van der Waals surface area contributed by atoms with Gasteiger partial charge in [0, 0.05) is 11.5 Å². The molecule has 0 amide bonds. The SMILES string of the molecule is Cc1ccc(CN(C)S(=O)(=O)c2ccc(CO)cc2Br)o1. The second-order valence-electron chi connectivity index (χ2n) is 4.70. The van der Waals surface area contributed by atoms with Gasteiger partial charge in [0.05, 0.1) is 18.0 Å². The molecule has 21 heavy (non-hydrogen) atoms. The maximum atomic E-state index is 12.6. The van der Waals surface area contributed by atoms with Crippen LogP contribution in [0.1, 0.15) is 17.1 Å². The average molecular weight is 374 g/mol. The zero-order valence-corrected chi connectivity index (χ0v) is 14.1. The Morgan fingerprint density at radius 1 is 1.29 bits per heavy atom. The van der Waals surface area contributed by atoms with E-state index < -0.39 is 10.0 Å². The molecule has 0 fully saturated rings. The fraction of sp³-hybridized carbons (Fsp3) is 0.286. The second kappa shape index (κ2) is 6.31. The number of aliphatic hydroxyl groups excluding tert-OH is 1. The molecule has 2 rings (SSSR count). The Hall–Kier alpha value is -1.15. The van der Waals surface area contributed by atoms with Crippen molar-refractivity contribution in [3.05, 3.63) is 51.9 Å². The maximum absolute atomic E-state index is 12.6. The van der Waals surface area contributed by atoms with E-state index in [9.17, 15) is 8.42 Å². The van der Waals surface area contributed by atoms with Gasteiger partial charge in [-0.05, 0) is 52.7 Å². The molecule has 1 N–H and O–H groups in total. The third-order valence-corrected chi connectivity index (χ3v) is 5.82. The molecular formula is C14H16BrNO4S. The molecule has 0 aliphatic rings. The topological polar surface area (TPSA) is 70.8 Å². The molecule has 0 aliphatic heterocycles. The molecule has 0 radical (unpaired) electrons. The molecule has 0 saturated heterocycles. The van der Waals surface area contributed by atoms with Gasteiger partial charge in [-0.1, -0.05) is 6.07 Å². The monoisotopic (exact) mass is 373 g/mol. The van der Waals surface area contributed by atoms with Gasteiger partial charge < -0.3 is 9.52 Å². The smallest absolute Gasteiger partial charge is 0.244 e. The molecule has 0 atom stereocenters. The van der Waals surface area contributed by atoms with Crippen LogP contribution in [-0.2, 0) is 23.2 Å². The summed E-state index contributed by atoms with van der Waals surface area (Å²) < 4.78 is 32.2. The van der Waals surface area contributed by atoms with E-state index in [1.807, 2.05) is 6.92 Å². The van der Waals surface area contributed by atoms with Gasteiger partial charge in [0.25, 0.3) is 0 Å². The Morgan fingerprint density at radius 3 is 2.52 bits per heavy atom. The van der Waals surface area contributed by atoms with Gasteiger partial charge in [0.15, 0.2) is 0 Å². The summed E-state index contributed by atoms with van der Waals surface area (Å²) >= 11 is 3.24. The van der Waals surface area contributed by atoms with Crippen LogP contribution in [0.5, 0.6) is 0 Å². The van der Waals surface area contributed by atoms with Crippen molar-refractivity contribution in [3.8, 4) is 0 Å². The van der Waals surface area contributed by atoms with E-state index in [1.54, 1.807) is 24.3 Å². The minimum Gasteiger partial charge on any atom is -0.465 e. The Labute approximate surface area is 132 Å². The van der Waals surface area contributed by atoms with Crippen LogP contribution in [0.3, 0.4) is 0 Å². The van der Waals surface area contributed by atoms with Crippen LogP contribution < -0.4 is 0 Å². The van der Waals surface area contributed by atoms with Crippen molar-refractivity contribution in [2.75, 3.05) is 7.05 Å². The molecule has 0 saturated carbocycles. The lowest BCUT2D eigenvalue weighted by atomic mass is 10.2. The molecule has 1 aromatic carbocycles. The van der Waals surface area contributed by atoms with E-state index in [1.165, 1.54) is 17.4 Å². The predicted molar refractivity (Wildman–Crippen MR) is 82.2 cm³/mol. The number of halogens is 1. The highest BCUT2D eigenvalue weighted by Gasteiger charge is 2.24. The lowest BCUT2D eigenvalue weighted by Gasteiger charge is -2.17. The zero-order chi connectivity index (χ0) is 15.6. The van der Waals surface area contributed by atoms with Gasteiger partial charge in [-0.15, -0.1) is 0 Å². The van der Waals surface area contributed by atoms with Crippen molar-refractivity contribution >= 4 is 26.0 Å². The van der Waals surface area contributed by atoms with E-state index in [-0.39, 0.29) is 18.0 Å². The molecule has 1 aromatic heterocycles. The molecule has 1 heterocycles. The van der Waals surface area contributed by atoms with E-state index in [0.717, 1.165) is 5.76 Å². The first-order chi connectivity index (χ1) is 9.84. The number of sulfonamides is 1. The van der Waals surface area contributed by atoms with Gasteiger partial charge in [0.2, 0.25) is 10.0 Å². The number of aryl methyl sites for hydroxylation is 1. The van der Waals surface area contributed by atoms with Crippen LogP contribution >= 0.6 is 15.9 Å². The van der Waals surface area contributed by atoms with Crippen LogP contribution in [-0.4, -0.2) is 24.9 Å².